The molecule has 0 radical (unpaired) electrons. The lowest BCUT2D eigenvalue weighted by atomic mass is 10.3. The van der Waals surface area contributed by atoms with Crippen LogP contribution in [0.4, 0.5) is 15.2 Å². The van der Waals surface area contributed by atoms with Crippen LogP contribution in [0.15, 0.2) is 28.6 Å². The zero-order chi connectivity index (χ0) is 13.3. The summed E-state index contributed by atoms with van der Waals surface area (Å²) in [7, 11) is -4.10. The summed E-state index contributed by atoms with van der Waals surface area (Å²) in [5.41, 5.74) is 5.50. The number of aromatic nitrogens is 1. The number of nitrogens with two attached hydrogens (primary N) is 1. The summed E-state index contributed by atoms with van der Waals surface area (Å²) in [6.07, 6.45) is 1.42. The average molecular weight is 308 g/mol. The predicted octanol–water partition coefficient (Wildman–Crippen LogP) is 2.32. The van der Waals surface area contributed by atoms with Crippen LogP contribution in [-0.4, -0.2) is 13.4 Å². The van der Waals surface area contributed by atoms with Gasteiger partial charge in [0.2, 0.25) is 0 Å². The molecule has 0 saturated carbocycles. The third-order valence-electron chi connectivity index (χ3n) is 1.96. The smallest absolute Gasteiger partial charge is 0.266 e. The van der Waals surface area contributed by atoms with Crippen LogP contribution in [0.3, 0.4) is 0 Å². The Balaban J connectivity index is 2.48. The van der Waals surface area contributed by atoms with E-state index in [1.165, 1.54) is 6.20 Å². The number of rotatable bonds is 3. The normalized spacial score (nSPS) is 11.4. The minimum atomic E-state index is -4.10. The maximum atomic E-state index is 13.7. The number of halogens is 2. The number of nitrogens with one attached hydrogen (secondary N) is 1. The van der Waals surface area contributed by atoms with E-state index < -0.39 is 20.7 Å². The molecule has 0 aliphatic rings. The molecule has 0 aliphatic carbocycles. The van der Waals surface area contributed by atoms with Crippen molar-refractivity contribution in [2.45, 2.75) is 4.90 Å². The van der Waals surface area contributed by atoms with E-state index in [2.05, 4.69) is 9.71 Å². The Labute approximate surface area is 111 Å². The molecule has 96 valence electrons. The summed E-state index contributed by atoms with van der Waals surface area (Å²) in [6.45, 7) is 0. The second-order valence-corrected chi connectivity index (χ2v) is 6.21. The first-order chi connectivity index (χ1) is 8.40. The van der Waals surface area contributed by atoms with Gasteiger partial charge in [0.05, 0.1) is 5.02 Å². The quantitative estimate of drug-likeness (QED) is 0.852. The van der Waals surface area contributed by atoms with Gasteiger partial charge in [-0.05, 0) is 12.1 Å². The number of sulfonamides is 1. The fourth-order valence-electron chi connectivity index (χ4n) is 1.22. The first-order valence-electron chi connectivity index (χ1n) is 4.57. The Hall–Kier alpha value is -1.38. The van der Waals surface area contributed by atoms with E-state index in [9.17, 15) is 12.8 Å². The molecule has 0 atom stereocenters. The van der Waals surface area contributed by atoms with Crippen molar-refractivity contribution < 1.29 is 12.8 Å². The van der Waals surface area contributed by atoms with Crippen molar-refractivity contribution in [2.24, 2.45) is 0 Å². The van der Waals surface area contributed by atoms with Gasteiger partial charge in [0.15, 0.2) is 10.9 Å². The van der Waals surface area contributed by atoms with Crippen molar-refractivity contribution in [3.63, 3.8) is 0 Å². The summed E-state index contributed by atoms with van der Waals surface area (Å²) in [6, 6.07) is 2.14. The maximum absolute atomic E-state index is 13.7. The van der Waals surface area contributed by atoms with Crippen molar-refractivity contribution in [3.05, 3.63) is 34.5 Å². The number of benzene rings is 1. The van der Waals surface area contributed by atoms with Gasteiger partial charge in [-0.1, -0.05) is 11.6 Å². The Morgan fingerprint density at radius 1 is 1.44 bits per heavy atom. The molecule has 1 aromatic heterocycles. The standard InChI is InChI=1S/C9H7ClFN3O2S2/c10-6-3-5(12)4-7(8(6)11)18(15,16)14-9-13-1-2-17-9/h1-4H,12H2,(H,13,14). The minimum absolute atomic E-state index is 0.0564. The van der Waals surface area contributed by atoms with Crippen LogP contribution < -0.4 is 10.5 Å². The topological polar surface area (TPSA) is 85.1 Å². The van der Waals surface area contributed by atoms with Gasteiger partial charge in [-0.25, -0.2) is 17.8 Å². The molecule has 0 unspecified atom stereocenters. The van der Waals surface area contributed by atoms with E-state index in [-0.39, 0.29) is 15.8 Å². The van der Waals surface area contributed by atoms with Gasteiger partial charge in [-0.15, -0.1) is 11.3 Å². The zero-order valence-electron chi connectivity index (χ0n) is 8.72. The molecule has 0 aliphatic heterocycles. The lowest BCUT2D eigenvalue weighted by molar-refractivity contribution is 0.571. The van der Waals surface area contributed by atoms with Crippen LogP contribution in [0.1, 0.15) is 0 Å². The van der Waals surface area contributed by atoms with Crippen LogP contribution >= 0.6 is 22.9 Å². The van der Waals surface area contributed by atoms with Gasteiger partial charge in [-0.2, -0.15) is 0 Å². The van der Waals surface area contributed by atoms with Crippen molar-refractivity contribution in [2.75, 3.05) is 10.5 Å². The third kappa shape index (κ3) is 2.55. The summed E-state index contributed by atoms with van der Waals surface area (Å²) >= 11 is 6.62. The van der Waals surface area contributed by atoms with Crippen LogP contribution in [0.2, 0.25) is 5.02 Å². The van der Waals surface area contributed by atoms with Gasteiger partial charge in [0.25, 0.3) is 10.0 Å². The molecular weight excluding hydrogens is 301 g/mol. The highest BCUT2D eigenvalue weighted by atomic mass is 35.5. The monoisotopic (exact) mass is 307 g/mol. The van der Waals surface area contributed by atoms with Gasteiger partial charge in [-0.3, -0.25) is 4.72 Å². The highest BCUT2D eigenvalue weighted by Gasteiger charge is 2.22. The number of hydrogen-bond acceptors (Lipinski definition) is 5. The van der Waals surface area contributed by atoms with E-state index in [4.69, 9.17) is 17.3 Å². The van der Waals surface area contributed by atoms with Crippen LogP contribution in [0, 0.1) is 5.82 Å². The van der Waals surface area contributed by atoms with Crippen molar-refractivity contribution >= 4 is 43.8 Å². The third-order valence-corrected chi connectivity index (χ3v) is 4.39. The lowest BCUT2D eigenvalue weighted by Gasteiger charge is -2.08. The van der Waals surface area contributed by atoms with E-state index >= 15 is 0 Å². The number of anilines is 2. The molecular formula is C9H7ClFN3O2S2. The summed E-state index contributed by atoms with van der Waals surface area (Å²) in [5.74, 6) is -1.05. The summed E-state index contributed by atoms with van der Waals surface area (Å²) < 4.78 is 39.7. The van der Waals surface area contributed by atoms with Gasteiger partial charge in [0.1, 0.15) is 4.90 Å². The van der Waals surface area contributed by atoms with E-state index in [0.29, 0.717) is 0 Å². The van der Waals surface area contributed by atoms with Crippen LogP contribution in [0.5, 0.6) is 0 Å². The number of nitrogen functional groups attached to an aromatic ring is 1. The molecule has 2 rings (SSSR count). The highest BCUT2D eigenvalue weighted by molar-refractivity contribution is 7.93. The van der Waals surface area contributed by atoms with Crippen molar-refractivity contribution in [1.29, 1.82) is 0 Å². The van der Waals surface area contributed by atoms with Crippen LogP contribution in [0.25, 0.3) is 0 Å². The molecule has 1 aromatic carbocycles. The first kappa shape index (κ1) is 13.1. The lowest BCUT2D eigenvalue weighted by Crippen LogP contribution is -2.15. The summed E-state index contributed by atoms with van der Waals surface area (Å²) in [5, 5.41) is 1.36. The number of nitrogens with zero attached hydrogens (tertiary/aromatic N) is 1. The molecule has 0 fully saturated rings. The molecule has 2 aromatic rings. The second kappa shape index (κ2) is 4.71. The van der Waals surface area contributed by atoms with Gasteiger partial charge in [0, 0.05) is 17.3 Å². The van der Waals surface area contributed by atoms with Gasteiger partial charge < -0.3 is 5.73 Å². The van der Waals surface area contributed by atoms with E-state index in [0.717, 1.165) is 23.5 Å². The fraction of sp³-hybridized carbons (Fsp3) is 0. The predicted molar refractivity (Wildman–Crippen MR) is 68.7 cm³/mol. The SMILES string of the molecule is Nc1cc(Cl)c(F)c(S(=O)(=O)Nc2nccs2)c1. The largest absolute Gasteiger partial charge is 0.399 e. The first-order valence-corrected chi connectivity index (χ1v) is 7.31. The highest BCUT2D eigenvalue weighted by Crippen LogP contribution is 2.27. The minimum Gasteiger partial charge on any atom is -0.399 e. The average Bonchev–Trinajstić information content (AvgIpc) is 2.75. The molecule has 18 heavy (non-hydrogen) atoms. The molecule has 0 bridgehead atoms. The second-order valence-electron chi connectivity index (χ2n) is 3.26. The van der Waals surface area contributed by atoms with Gasteiger partial charge >= 0.3 is 0 Å². The molecule has 0 amide bonds. The fourth-order valence-corrected chi connectivity index (χ4v) is 3.43. The number of hydrogen-bond donors (Lipinski definition) is 2. The van der Waals surface area contributed by atoms with E-state index in [1.807, 2.05) is 0 Å². The van der Waals surface area contributed by atoms with Crippen molar-refractivity contribution in [1.82, 2.24) is 4.98 Å². The Bertz CT molecular complexity index is 673. The molecule has 3 N–H and O–H groups in total. The molecule has 1 heterocycles. The molecule has 9 heteroatoms. The van der Waals surface area contributed by atoms with E-state index in [1.54, 1.807) is 5.38 Å². The Morgan fingerprint density at radius 2 is 2.17 bits per heavy atom. The Kier molecular flexibility index (Phi) is 3.42. The van der Waals surface area contributed by atoms with Crippen LogP contribution in [-0.2, 0) is 10.0 Å². The Morgan fingerprint density at radius 3 is 2.78 bits per heavy atom. The maximum Gasteiger partial charge on any atom is 0.266 e. The molecule has 0 spiro atoms. The molecule has 0 saturated heterocycles. The molecule has 5 nitrogen and oxygen atoms in total. The number of thiazole rings is 1. The summed E-state index contributed by atoms with van der Waals surface area (Å²) in [4.78, 5) is 3.13. The van der Waals surface area contributed by atoms with Crippen molar-refractivity contribution in [3.8, 4) is 0 Å². The zero-order valence-corrected chi connectivity index (χ0v) is 11.1.